The fraction of sp³-hybridized carbons (Fsp3) is 0.257. The largest absolute Gasteiger partial charge is 0.478 e. The zero-order valence-electron chi connectivity index (χ0n) is 26.1. The minimum atomic E-state index is -0.648. The Morgan fingerprint density at radius 3 is 2.81 bits per heavy atom. The van der Waals surface area contributed by atoms with Crippen LogP contribution in [0.1, 0.15) is 41.7 Å². The molecule has 0 spiro atoms. The molecule has 0 atom stereocenters. The summed E-state index contributed by atoms with van der Waals surface area (Å²) in [5.41, 5.74) is 1.46. The Balaban J connectivity index is 1.31. The molecular formula is C35H31FN6O5S. The number of halogens is 1. The average molecular weight is 667 g/mol. The van der Waals surface area contributed by atoms with Crippen LogP contribution in [0.5, 0.6) is 5.88 Å². The summed E-state index contributed by atoms with van der Waals surface area (Å²) in [6.07, 6.45) is 7.57. The van der Waals surface area contributed by atoms with Crippen LogP contribution in [0.15, 0.2) is 70.5 Å². The lowest BCUT2D eigenvalue weighted by molar-refractivity contribution is -0.115. The zero-order valence-corrected chi connectivity index (χ0v) is 26.9. The SMILES string of the molecule is C=C(C#N)C(=O)CCCOc1cccc(Nc2cc(-c3cc(F)cc(-n4ncc5c6c(sc5c4=O)CCCC6)c3CO)cn(C)c2=O)n1. The Kier molecular flexibility index (Phi) is 9.29. The standard InChI is InChI=1S/C35H31FN6O5S/c1-20(16-37)29(44)8-6-12-47-32-11-5-10-31(40-32)39-27-13-21(18-41(2)34(27)45)24-14-22(36)15-28(26(24)19-43)42-35(46)33-25(17-38-42)23-7-3-4-9-30(23)48-33/h5,10-11,13-15,17-18,43H,1,3-4,6-9,12,19H2,2H3,(H,39,40). The second-order valence-electron chi connectivity index (χ2n) is 11.4. The van der Waals surface area contributed by atoms with E-state index in [1.165, 1.54) is 45.2 Å². The van der Waals surface area contributed by atoms with Crippen LogP contribution in [0, 0.1) is 17.1 Å². The number of benzene rings is 1. The van der Waals surface area contributed by atoms with Crippen molar-refractivity contribution in [3.8, 4) is 28.8 Å². The molecule has 4 aromatic heterocycles. The molecule has 48 heavy (non-hydrogen) atoms. The van der Waals surface area contributed by atoms with Crippen LogP contribution >= 0.6 is 11.3 Å². The molecule has 6 rings (SSSR count). The summed E-state index contributed by atoms with van der Waals surface area (Å²) in [7, 11) is 1.55. The van der Waals surface area contributed by atoms with E-state index < -0.39 is 18.0 Å². The topological polar surface area (TPSA) is 152 Å². The fourth-order valence-electron chi connectivity index (χ4n) is 5.83. The van der Waals surface area contributed by atoms with Gasteiger partial charge in [-0.15, -0.1) is 11.3 Å². The number of hydrogen-bond donors (Lipinski definition) is 2. The molecule has 0 unspecified atom stereocenters. The first-order chi connectivity index (χ1) is 23.2. The van der Waals surface area contributed by atoms with Crippen LogP contribution in [-0.4, -0.2) is 36.8 Å². The summed E-state index contributed by atoms with van der Waals surface area (Å²) in [4.78, 5) is 44.2. The molecule has 2 N–H and O–H groups in total. The number of allylic oxidation sites excluding steroid dienone is 1. The maximum absolute atomic E-state index is 15.3. The normalized spacial score (nSPS) is 12.4. The lowest BCUT2D eigenvalue weighted by Crippen LogP contribution is -2.22. The third-order valence-corrected chi connectivity index (χ3v) is 9.52. The van der Waals surface area contributed by atoms with Crippen molar-refractivity contribution in [1.82, 2.24) is 19.3 Å². The summed E-state index contributed by atoms with van der Waals surface area (Å²) in [5, 5.41) is 27.6. The third kappa shape index (κ3) is 6.40. The lowest BCUT2D eigenvalue weighted by Gasteiger charge is -2.17. The van der Waals surface area contributed by atoms with Crippen molar-refractivity contribution in [3.05, 3.63) is 103 Å². The number of rotatable bonds is 11. The smallest absolute Gasteiger partial charge is 0.289 e. The summed E-state index contributed by atoms with van der Waals surface area (Å²) in [5.74, 6) is -0.454. The Morgan fingerprint density at radius 1 is 1.21 bits per heavy atom. The molecule has 11 nitrogen and oxygen atoms in total. The van der Waals surface area contributed by atoms with E-state index in [9.17, 15) is 19.5 Å². The number of hydrogen-bond acceptors (Lipinski definition) is 10. The molecule has 0 saturated carbocycles. The highest BCUT2D eigenvalue weighted by Gasteiger charge is 2.22. The van der Waals surface area contributed by atoms with Gasteiger partial charge in [-0.3, -0.25) is 14.4 Å². The molecule has 0 aliphatic heterocycles. The molecule has 1 aromatic carbocycles. The van der Waals surface area contributed by atoms with Gasteiger partial charge in [0.2, 0.25) is 5.88 Å². The van der Waals surface area contributed by atoms with Crippen molar-refractivity contribution in [2.75, 3.05) is 11.9 Å². The van der Waals surface area contributed by atoms with Gasteiger partial charge in [0, 0.05) is 53.2 Å². The second kappa shape index (κ2) is 13.7. The van der Waals surface area contributed by atoms with Gasteiger partial charge < -0.3 is 19.7 Å². The summed E-state index contributed by atoms with van der Waals surface area (Å²) in [6, 6.07) is 10.6. The second-order valence-corrected chi connectivity index (χ2v) is 12.5. The van der Waals surface area contributed by atoms with Crippen LogP contribution < -0.4 is 21.2 Å². The number of aryl methyl sites for hydroxylation is 3. The molecule has 244 valence electrons. The number of anilines is 2. The monoisotopic (exact) mass is 666 g/mol. The van der Waals surface area contributed by atoms with E-state index in [-0.39, 0.29) is 58.3 Å². The maximum atomic E-state index is 15.3. The van der Waals surface area contributed by atoms with Crippen molar-refractivity contribution in [3.63, 3.8) is 0 Å². The third-order valence-electron chi connectivity index (χ3n) is 8.23. The average Bonchev–Trinajstić information content (AvgIpc) is 3.48. The van der Waals surface area contributed by atoms with Crippen molar-refractivity contribution >= 4 is 38.7 Å². The molecule has 0 amide bonds. The quantitative estimate of drug-likeness (QED) is 0.109. The fourth-order valence-corrected chi connectivity index (χ4v) is 7.12. The molecule has 0 radical (unpaired) electrons. The van der Waals surface area contributed by atoms with Crippen LogP contribution in [0.4, 0.5) is 15.9 Å². The number of nitriles is 1. The van der Waals surface area contributed by atoms with Gasteiger partial charge in [-0.05, 0) is 61.4 Å². The number of Topliss-reactive ketones (excluding diaryl/α,β-unsaturated/α-hetero) is 1. The van der Waals surface area contributed by atoms with Crippen molar-refractivity contribution in [2.45, 2.75) is 45.1 Å². The number of carbonyl (C=O) groups is 1. The Hall–Kier alpha value is -5.45. The van der Waals surface area contributed by atoms with Gasteiger partial charge in [0.1, 0.15) is 28.1 Å². The molecule has 13 heteroatoms. The van der Waals surface area contributed by atoms with E-state index in [1.807, 2.05) is 0 Å². The van der Waals surface area contributed by atoms with E-state index in [0.29, 0.717) is 22.5 Å². The predicted molar refractivity (Wildman–Crippen MR) is 180 cm³/mol. The van der Waals surface area contributed by atoms with Crippen LogP contribution in [0.25, 0.3) is 26.9 Å². The number of pyridine rings is 2. The van der Waals surface area contributed by atoms with Gasteiger partial charge >= 0.3 is 0 Å². The van der Waals surface area contributed by atoms with Crippen molar-refractivity contribution in [1.29, 1.82) is 5.26 Å². The number of aliphatic hydroxyl groups excluding tert-OH is 1. The van der Waals surface area contributed by atoms with E-state index in [4.69, 9.17) is 10.00 Å². The predicted octanol–water partition coefficient (Wildman–Crippen LogP) is 5.27. The number of fused-ring (bicyclic) bond motifs is 3. The van der Waals surface area contributed by atoms with Crippen LogP contribution in [0.2, 0.25) is 0 Å². The number of ketones is 1. The Morgan fingerprint density at radius 2 is 2.02 bits per heavy atom. The van der Waals surface area contributed by atoms with Gasteiger partial charge in [-0.1, -0.05) is 12.6 Å². The van der Waals surface area contributed by atoms with Crippen LogP contribution in [0.3, 0.4) is 0 Å². The van der Waals surface area contributed by atoms with Gasteiger partial charge in [0.25, 0.3) is 11.1 Å². The molecule has 1 aliphatic rings. The number of carbonyl (C=O) groups excluding carboxylic acids is 1. The molecule has 4 heterocycles. The number of aromatic nitrogens is 4. The first-order valence-electron chi connectivity index (χ1n) is 15.3. The Labute approximate surface area is 278 Å². The maximum Gasteiger partial charge on any atom is 0.289 e. The highest BCUT2D eigenvalue weighted by atomic mass is 32.1. The summed E-state index contributed by atoms with van der Waals surface area (Å²) < 4.78 is 23.9. The first-order valence-corrected chi connectivity index (χ1v) is 16.2. The van der Waals surface area contributed by atoms with Gasteiger partial charge in [0.05, 0.1) is 30.7 Å². The minimum Gasteiger partial charge on any atom is -0.478 e. The van der Waals surface area contributed by atoms with Gasteiger partial charge in [-0.25, -0.2) is 4.39 Å². The highest BCUT2D eigenvalue weighted by molar-refractivity contribution is 7.19. The summed E-state index contributed by atoms with van der Waals surface area (Å²) in [6.45, 7) is 3.05. The van der Waals surface area contributed by atoms with Crippen molar-refractivity contribution in [2.24, 2.45) is 7.05 Å². The van der Waals surface area contributed by atoms with E-state index in [2.05, 4.69) is 22.0 Å². The molecule has 1 aliphatic carbocycles. The molecule has 0 fully saturated rings. The first kappa shape index (κ1) is 32.5. The van der Waals surface area contributed by atoms with E-state index in [0.717, 1.165) is 41.3 Å². The number of aliphatic hydroxyl groups is 1. The van der Waals surface area contributed by atoms with Gasteiger partial charge in [-0.2, -0.15) is 20.0 Å². The highest BCUT2D eigenvalue weighted by Crippen LogP contribution is 2.35. The number of nitrogens with zero attached hydrogens (tertiary/aromatic N) is 5. The zero-order chi connectivity index (χ0) is 33.9. The molecule has 0 saturated heterocycles. The molecule has 5 aromatic rings. The van der Waals surface area contributed by atoms with Gasteiger partial charge in [0.15, 0.2) is 5.78 Å². The minimum absolute atomic E-state index is 0.104. The molecule has 0 bridgehead atoms. The summed E-state index contributed by atoms with van der Waals surface area (Å²) >= 11 is 1.45. The van der Waals surface area contributed by atoms with E-state index >= 15 is 4.39 Å². The Bertz CT molecular complexity index is 2250. The van der Waals surface area contributed by atoms with Crippen molar-refractivity contribution < 1.29 is 19.0 Å². The number of thiophene rings is 1. The van der Waals surface area contributed by atoms with E-state index in [1.54, 1.807) is 37.5 Å². The molecular weight excluding hydrogens is 635 g/mol. The lowest BCUT2D eigenvalue weighted by atomic mass is 9.97. The van der Waals surface area contributed by atoms with Crippen LogP contribution in [-0.2, 0) is 31.3 Å². The number of nitrogens with one attached hydrogen (secondary N) is 1. The number of ether oxygens (including phenoxy) is 1.